The Labute approximate surface area is 178 Å². The van der Waals surface area contributed by atoms with Crippen LogP contribution in [0.15, 0.2) is 64.9 Å². The lowest BCUT2D eigenvalue weighted by Crippen LogP contribution is -2.24. The van der Waals surface area contributed by atoms with Crippen molar-refractivity contribution in [2.75, 3.05) is 11.1 Å². The summed E-state index contributed by atoms with van der Waals surface area (Å²) >= 11 is 1.27. The lowest BCUT2D eigenvalue weighted by Gasteiger charge is -2.09. The molecule has 1 aromatic carbocycles. The first kappa shape index (κ1) is 21.4. The van der Waals surface area contributed by atoms with Gasteiger partial charge in [0.2, 0.25) is 5.91 Å². The van der Waals surface area contributed by atoms with Crippen LogP contribution in [0.4, 0.5) is 5.69 Å². The summed E-state index contributed by atoms with van der Waals surface area (Å²) in [5.74, 6) is 0.501. The molecular weight excluding hydrogens is 402 g/mol. The number of benzene rings is 1. The highest BCUT2D eigenvalue weighted by atomic mass is 32.2. The molecule has 0 aliphatic heterocycles. The third kappa shape index (κ3) is 5.60. The van der Waals surface area contributed by atoms with E-state index in [0.717, 1.165) is 12.1 Å². The minimum Gasteiger partial charge on any atom is -0.459 e. The summed E-state index contributed by atoms with van der Waals surface area (Å²) < 4.78 is 6.88. The van der Waals surface area contributed by atoms with Gasteiger partial charge in [-0.2, -0.15) is 0 Å². The summed E-state index contributed by atoms with van der Waals surface area (Å²) in [7, 11) is 0. The molecule has 2 N–H and O–H groups in total. The predicted molar refractivity (Wildman–Crippen MR) is 115 cm³/mol. The van der Waals surface area contributed by atoms with Crippen molar-refractivity contribution in [1.82, 2.24) is 20.1 Å². The van der Waals surface area contributed by atoms with E-state index in [1.807, 2.05) is 28.8 Å². The van der Waals surface area contributed by atoms with Crippen molar-refractivity contribution in [2.45, 2.75) is 31.6 Å². The van der Waals surface area contributed by atoms with Crippen LogP contribution in [0.3, 0.4) is 0 Å². The molecule has 0 saturated heterocycles. The van der Waals surface area contributed by atoms with Crippen LogP contribution in [0.25, 0.3) is 0 Å². The summed E-state index contributed by atoms with van der Waals surface area (Å²) in [4.78, 5) is 24.3. The van der Waals surface area contributed by atoms with Gasteiger partial charge < -0.3 is 19.6 Å². The van der Waals surface area contributed by atoms with E-state index in [4.69, 9.17) is 4.42 Å². The zero-order valence-electron chi connectivity index (χ0n) is 16.6. The first-order chi connectivity index (χ1) is 14.6. The number of hydrogen-bond donors (Lipinski definition) is 2. The van der Waals surface area contributed by atoms with Gasteiger partial charge in [-0.05, 0) is 36.2 Å². The smallest absolute Gasteiger partial charge is 0.287 e. The minimum atomic E-state index is -0.337. The average molecular weight is 426 g/mol. The molecule has 2 heterocycles. The molecule has 0 fully saturated rings. The van der Waals surface area contributed by atoms with Crippen LogP contribution in [-0.2, 0) is 24.3 Å². The number of aryl methyl sites for hydroxylation is 1. The number of aromatic nitrogens is 3. The number of nitrogens with zero attached hydrogens (tertiary/aromatic N) is 3. The number of anilines is 1. The zero-order valence-corrected chi connectivity index (χ0v) is 17.4. The van der Waals surface area contributed by atoms with E-state index < -0.39 is 0 Å². The molecular formula is C21H23N5O3S. The zero-order chi connectivity index (χ0) is 21.3. The minimum absolute atomic E-state index is 0.134. The van der Waals surface area contributed by atoms with E-state index in [1.54, 1.807) is 18.2 Å². The van der Waals surface area contributed by atoms with Crippen LogP contribution in [0.1, 0.15) is 28.9 Å². The molecule has 156 valence electrons. The molecule has 0 spiro atoms. The predicted octanol–water partition coefficient (Wildman–Crippen LogP) is 3.28. The van der Waals surface area contributed by atoms with Gasteiger partial charge >= 0.3 is 0 Å². The Morgan fingerprint density at radius 1 is 1.23 bits per heavy atom. The lowest BCUT2D eigenvalue weighted by molar-refractivity contribution is -0.113. The highest BCUT2D eigenvalue weighted by Crippen LogP contribution is 2.18. The largest absolute Gasteiger partial charge is 0.459 e. The Hall–Kier alpha value is -3.33. The van der Waals surface area contributed by atoms with Crippen LogP contribution in [0, 0.1) is 0 Å². The molecule has 9 heteroatoms. The summed E-state index contributed by atoms with van der Waals surface area (Å²) in [5, 5.41) is 14.5. The van der Waals surface area contributed by atoms with Crippen molar-refractivity contribution in [3.63, 3.8) is 0 Å². The standard InChI is InChI=1S/C21H23N5O3S/c1-3-11-26-18(13-22-20(28)17-6-5-12-29-17)24-25-21(26)30-14-19(27)23-16-9-7-15(4-2)8-10-16/h3,5-10,12H,1,4,11,13-14H2,2H3,(H,22,28)(H,23,27). The third-order valence-electron chi connectivity index (χ3n) is 4.24. The van der Waals surface area contributed by atoms with Crippen molar-refractivity contribution >= 4 is 29.3 Å². The van der Waals surface area contributed by atoms with Gasteiger partial charge in [0.05, 0.1) is 18.6 Å². The number of hydrogen-bond acceptors (Lipinski definition) is 6. The highest BCUT2D eigenvalue weighted by Gasteiger charge is 2.15. The topological polar surface area (TPSA) is 102 Å². The Balaban J connectivity index is 1.57. The van der Waals surface area contributed by atoms with Crippen LogP contribution in [-0.4, -0.2) is 32.3 Å². The van der Waals surface area contributed by atoms with Gasteiger partial charge in [-0.1, -0.05) is 36.9 Å². The van der Waals surface area contributed by atoms with Crippen LogP contribution >= 0.6 is 11.8 Å². The molecule has 2 amide bonds. The fourth-order valence-corrected chi connectivity index (χ4v) is 3.44. The fraction of sp³-hybridized carbons (Fsp3) is 0.238. The van der Waals surface area contributed by atoms with E-state index in [0.29, 0.717) is 17.5 Å². The Kier molecular flexibility index (Phi) is 7.45. The molecule has 3 rings (SSSR count). The van der Waals surface area contributed by atoms with Gasteiger partial charge in [0.25, 0.3) is 5.91 Å². The number of thioether (sulfide) groups is 1. The molecule has 8 nitrogen and oxygen atoms in total. The molecule has 0 radical (unpaired) electrons. The summed E-state index contributed by atoms with van der Waals surface area (Å²) in [6.45, 7) is 6.47. The Bertz CT molecular complexity index is 996. The number of furan rings is 1. The molecule has 0 aliphatic carbocycles. The van der Waals surface area contributed by atoms with Gasteiger partial charge in [0, 0.05) is 12.2 Å². The van der Waals surface area contributed by atoms with E-state index in [1.165, 1.54) is 23.6 Å². The number of amides is 2. The molecule has 0 aliphatic rings. The number of allylic oxidation sites excluding steroid dienone is 1. The molecule has 0 saturated carbocycles. The second-order valence-corrected chi connectivity index (χ2v) is 7.29. The number of carbonyl (C=O) groups is 2. The van der Waals surface area contributed by atoms with Crippen molar-refractivity contribution in [2.24, 2.45) is 0 Å². The third-order valence-corrected chi connectivity index (χ3v) is 5.20. The van der Waals surface area contributed by atoms with Gasteiger partial charge in [-0.3, -0.25) is 9.59 Å². The second-order valence-electron chi connectivity index (χ2n) is 6.35. The van der Waals surface area contributed by atoms with E-state index in [9.17, 15) is 9.59 Å². The lowest BCUT2D eigenvalue weighted by atomic mass is 10.1. The second kappa shape index (κ2) is 10.4. The summed E-state index contributed by atoms with van der Waals surface area (Å²) in [6.07, 6.45) is 4.10. The molecule has 3 aromatic rings. The fourth-order valence-electron chi connectivity index (χ4n) is 2.67. The van der Waals surface area contributed by atoms with E-state index in [2.05, 4.69) is 34.3 Å². The number of rotatable bonds is 10. The maximum absolute atomic E-state index is 12.3. The van der Waals surface area contributed by atoms with Gasteiger partial charge in [0.15, 0.2) is 16.7 Å². The van der Waals surface area contributed by atoms with Crippen molar-refractivity contribution in [3.05, 3.63) is 72.5 Å². The van der Waals surface area contributed by atoms with E-state index in [-0.39, 0.29) is 29.9 Å². The SMILES string of the molecule is C=CCn1c(CNC(=O)c2ccco2)nnc1SCC(=O)Nc1ccc(CC)cc1. The summed E-state index contributed by atoms with van der Waals surface area (Å²) in [6, 6.07) is 11.0. The Morgan fingerprint density at radius 3 is 2.70 bits per heavy atom. The highest BCUT2D eigenvalue weighted by molar-refractivity contribution is 7.99. The average Bonchev–Trinajstić information content (AvgIpc) is 3.42. The van der Waals surface area contributed by atoms with Gasteiger partial charge in [0.1, 0.15) is 0 Å². The number of carbonyl (C=O) groups excluding carboxylic acids is 2. The molecule has 30 heavy (non-hydrogen) atoms. The van der Waals surface area contributed by atoms with Crippen molar-refractivity contribution in [3.8, 4) is 0 Å². The first-order valence-electron chi connectivity index (χ1n) is 9.47. The summed E-state index contributed by atoms with van der Waals surface area (Å²) in [5.41, 5.74) is 1.97. The first-order valence-corrected chi connectivity index (χ1v) is 10.5. The maximum atomic E-state index is 12.3. The van der Waals surface area contributed by atoms with Crippen LogP contribution in [0.2, 0.25) is 0 Å². The normalized spacial score (nSPS) is 10.6. The van der Waals surface area contributed by atoms with E-state index >= 15 is 0 Å². The van der Waals surface area contributed by atoms with Gasteiger partial charge in [-0.25, -0.2) is 0 Å². The maximum Gasteiger partial charge on any atom is 0.287 e. The van der Waals surface area contributed by atoms with Crippen molar-refractivity contribution < 1.29 is 14.0 Å². The monoisotopic (exact) mass is 425 g/mol. The molecule has 2 aromatic heterocycles. The van der Waals surface area contributed by atoms with Crippen LogP contribution < -0.4 is 10.6 Å². The van der Waals surface area contributed by atoms with Gasteiger partial charge in [-0.15, -0.1) is 16.8 Å². The molecule has 0 atom stereocenters. The Morgan fingerprint density at radius 2 is 2.03 bits per heavy atom. The number of nitrogens with one attached hydrogen (secondary N) is 2. The molecule has 0 bridgehead atoms. The quantitative estimate of drug-likeness (QED) is 0.382. The molecule has 0 unspecified atom stereocenters. The van der Waals surface area contributed by atoms with Crippen molar-refractivity contribution in [1.29, 1.82) is 0 Å². The van der Waals surface area contributed by atoms with Crippen LogP contribution in [0.5, 0.6) is 0 Å².